The minimum absolute atomic E-state index is 0.0562. The van der Waals surface area contributed by atoms with E-state index >= 15 is 0 Å². The summed E-state index contributed by atoms with van der Waals surface area (Å²) in [6.07, 6.45) is -12.5. The maximum Gasteiger partial charge on any atom is 0.308 e. The molecule has 3 heterocycles. The number of carbonyl (C=O) groups excluding carboxylic acids is 7. The van der Waals surface area contributed by atoms with E-state index < -0.39 is 127 Å². The van der Waals surface area contributed by atoms with Gasteiger partial charge in [-0.05, 0) is 30.5 Å². The fraction of sp³-hybridized carbons (Fsp3) is 0.513. The Hall–Kier alpha value is -5.95. The van der Waals surface area contributed by atoms with Crippen LogP contribution in [0.4, 0.5) is 0 Å². The molecule has 19 nitrogen and oxygen atoms in total. The average molecular weight is 817 g/mol. The van der Waals surface area contributed by atoms with E-state index in [1.54, 1.807) is 24.3 Å². The number of hydrogen-bond acceptors (Lipinski definition) is 19. The van der Waals surface area contributed by atoms with Gasteiger partial charge in [-0.1, -0.05) is 12.1 Å². The zero-order valence-electron chi connectivity index (χ0n) is 32.7. The fourth-order valence-electron chi connectivity index (χ4n) is 7.30. The van der Waals surface area contributed by atoms with Gasteiger partial charge in [0.25, 0.3) is 0 Å². The van der Waals surface area contributed by atoms with Crippen LogP contribution in [-0.4, -0.2) is 102 Å². The number of esters is 7. The van der Waals surface area contributed by atoms with Crippen LogP contribution in [0.25, 0.3) is 0 Å². The minimum atomic E-state index is -1.64. The van der Waals surface area contributed by atoms with Gasteiger partial charge in [-0.2, -0.15) is 0 Å². The van der Waals surface area contributed by atoms with Crippen LogP contribution in [-0.2, 0) is 77.9 Å². The lowest BCUT2D eigenvalue weighted by atomic mass is 9.83. The van der Waals surface area contributed by atoms with Crippen molar-refractivity contribution in [1.82, 2.24) is 0 Å². The normalized spacial score (nSPS) is 26.4. The molecule has 9 atom stereocenters. The number of carbonyl (C=O) groups is 7. The summed E-state index contributed by atoms with van der Waals surface area (Å²) in [6.45, 7) is 6.80. The van der Waals surface area contributed by atoms with Crippen molar-refractivity contribution >= 4 is 41.8 Å². The zero-order chi connectivity index (χ0) is 42.6. The third kappa shape index (κ3) is 9.76. The molecular formula is C39H44O19. The van der Waals surface area contributed by atoms with Crippen molar-refractivity contribution in [2.75, 3.05) is 13.2 Å². The molecule has 2 aromatic rings. The maximum absolute atomic E-state index is 12.7. The molecule has 0 amide bonds. The molecule has 3 aliphatic heterocycles. The highest BCUT2D eigenvalue weighted by molar-refractivity contribution is 5.71. The predicted molar refractivity (Wildman–Crippen MR) is 190 cm³/mol. The molecule has 2 fully saturated rings. The highest BCUT2D eigenvalue weighted by Crippen LogP contribution is 2.56. The van der Waals surface area contributed by atoms with Gasteiger partial charge in [0.15, 0.2) is 36.6 Å². The Morgan fingerprint density at radius 1 is 0.552 bits per heavy atom. The Kier molecular flexibility index (Phi) is 13.5. The first-order valence-electron chi connectivity index (χ1n) is 18.2. The summed E-state index contributed by atoms with van der Waals surface area (Å²) in [7, 11) is 0. The third-order valence-corrected chi connectivity index (χ3v) is 9.27. The topological polar surface area (TPSA) is 252 Å². The molecule has 58 heavy (non-hydrogen) atoms. The van der Waals surface area contributed by atoms with Gasteiger partial charge in [-0.15, -0.1) is 0 Å². The molecule has 19 heteroatoms. The Morgan fingerprint density at radius 3 is 1.41 bits per heavy atom. The van der Waals surface area contributed by atoms with Gasteiger partial charge < -0.3 is 57.6 Å². The third-order valence-electron chi connectivity index (χ3n) is 9.27. The van der Waals surface area contributed by atoms with Crippen molar-refractivity contribution in [3.63, 3.8) is 0 Å². The van der Waals surface area contributed by atoms with Gasteiger partial charge in [-0.25, -0.2) is 0 Å². The molecule has 0 aromatic heterocycles. The van der Waals surface area contributed by atoms with Crippen molar-refractivity contribution in [2.24, 2.45) is 0 Å². The summed E-state index contributed by atoms with van der Waals surface area (Å²) in [6, 6.07) is 6.39. The van der Waals surface area contributed by atoms with Crippen LogP contribution in [0.15, 0.2) is 24.3 Å². The van der Waals surface area contributed by atoms with Crippen molar-refractivity contribution in [2.45, 2.75) is 116 Å². The maximum atomic E-state index is 12.7. The van der Waals surface area contributed by atoms with Crippen LogP contribution in [0.2, 0.25) is 0 Å². The summed E-state index contributed by atoms with van der Waals surface area (Å²) < 4.78 is 56.9. The molecule has 0 aliphatic carbocycles. The van der Waals surface area contributed by atoms with Gasteiger partial charge >= 0.3 is 41.8 Å². The summed E-state index contributed by atoms with van der Waals surface area (Å²) >= 11 is 0. The number of benzene rings is 2. The standard InChI is InChI=1S/C39H44O19/c1-16(40)51-24-10-8-23(9-11-24)26-13-12-25-31(47)29(36-38(56-21(6)45)34(54-19(4)43)27(14-49-36)52-17(2)41)32(48)30(33(25)58-26)37-39(57-22(7)46)35(55-20(5)44)28(15-50-37)53-18(3)42/h8-11,26-28,34-39,47-48H,12-15H2,1-7H3/t26?,27-,28-,34+,35-,36+,37-,38-,39+/m1/s1. The van der Waals surface area contributed by atoms with Crippen molar-refractivity contribution in [3.8, 4) is 23.0 Å². The Bertz CT molecular complexity index is 1940. The summed E-state index contributed by atoms with van der Waals surface area (Å²) in [5.74, 6) is -6.78. The van der Waals surface area contributed by atoms with Gasteiger partial charge in [0.05, 0.1) is 24.3 Å². The second kappa shape index (κ2) is 18.1. The molecule has 3 aliphatic rings. The van der Waals surface area contributed by atoms with Crippen LogP contribution in [0.1, 0.15) is 95.5 Å². The monoisotopic (exact) mass is 816 g/mol. The number of phenols is 2. The van der Waals surface area contributed by atoms with Gasteiger partial charge in [0.2, 0.25) is 0 Å². The summed E-state index contributed by atoms with van der Waals surface area (Å²) in [4.78, 5) is 85.6. The largest absolute Gasteiger partial charge is 0.507 e. The number of aromatic hydroxyl groups is 2. The molecule has 314 valence electrons. The number of hydrogen-bond donors (Lipinski definition) is 2. The van der Waals surface area contributed by atoms with E-state index in [1.165, 1.54) is 6.92 Å². The van der Waals surface area contributed by atoms with Gasteiger partial charge in [0, 0.05) is 54.0 Å². The van der Waals surface area contributed by atoms with E-state index in [0.717, 1.165) is 41.5 Å². The first-order valence-corrected chi connectivity index (χ1v) is 18.2. The lowest BCUT2D eigenvalue weighted by Gasteiger charge is -2.43. The zero-order valence-corrected chi connectivity index (χ0v) is 32.7. The molecule has 2 saturated heterocycles. The molecule has 5 rings (SSSR count). The van der Waals surface area contributed by atoms with Gasteiger partial charge in [-0.3, -0.25) is 33.6 Å². The van der Waals surface area contributed by atoms with E-state index in [2.05, 4.69) is 0 Å². The Labute approximate surface area is 331 Å². The molecule has 0 bridgehead atoms. The Balaban J connectivity index is 1.73. The van der Waals surface area contributed by atoms with Crippen molar-refractivity contribution in [1.29, 1.82) is 0 Å². The van der Waals surface area contributed by atoms with E-state index in [0.29, 0.717) is 5.56 Å². The molecule has 2 N–H and O–H groups in total. The molecule has 0 saturated carbocycles. The molecular weight excluding hydrogens is 772 g/mol. The van der Waals surface area contributed by atoms with Crippen LogP contribution >= 0.6 is 0 Å². The minimum Gasteiger partial charge on any atom is -0.507 e. The lowest BCUT2D eigenvalue weighted by Crippen LogP contribution is -2.54. The molecule has 0 spiro atoms. The fourth-order valence-corrected chi connectivity index (χ4v) is 7.30. The number of rotatable bonds is 10. The highest BCUT2D eigenvalue weighted by Gasteiger charge is 2.53. The van der Waals surface area contributed by atoms with Crippen LogP contribution in [0.5, 0.6) is 23.0 Å². The predicted octanol–water partition coefficient (Wildman–Crippen LogP) is 2.82. The van der Waals surface area contributed by atoms with E-state index in [1.807, 2.05) is 0 Å². The lowest BCUT2D eigenvalue weighted by molar-refractivity contribution is -0.228. The van der Waals surface area contributed by atoms with E-state index in [9.17, 15) is 43.8 Å². The average Bonchev–Trinajstić information content (AvgIpc) is 3.11. The second-order valence-corrected chi connectivity index (χ2v) is 13.7. The molecule has 1 unspecified atom stereocenters. The first kappa shape index (κ1) is 43.2. The van der Waals surface area contributed by atoms with Crippen LogP contribution < -0.4 is 9.47 Å². The van der Waals surface area contributed by atoms with E-state index in [-0.39, 0.29) is 35.5 Å². The smallest absolute Gasteiger partial charge is 0.308 e. The summed E-state index contributed by atoms with van der Waals surface area (Å²) in [5, 5.41) is 24.5. The van der Waals surface area contributed by atoms with Crippen molar-refractivity contribution in [3.05, 3.63) is 46.5 Å². The number of phenolic OH excluding ortho intramolecular Hbond substituents is 2. The second-order valence-electron chi connectivity index (χ2n) is 13.7. The van der Waals surface area contributed by atoms with Crippen molar-refractivity contribution < 1.29 is 91.1 Å². The molecule has 2 aromatic carbocycles. The first-order chi connectivity index (χ1) is 27.4. The highest BCUT2D eigenvalue weighted by atomic mass is 16.7. The summed E-state index contributed by atoms with van der Waals surface area (Å²) in [5.41, 5.74) is 0.0337. The van der Waals surface area contributed by atoms with E-state index in [4.69, 9.17) is 47.4 Å². The SMILES string of the molecule is CC(=O)Oc1ccc(C2CCc3c(O)c([C@@H]4OC[C@@H](OC(C)=O)[C@H](OC(C)=O)[C@H]4OC(C)=O)c(O)c([C@H]4OC[C@@H](OC(C)=O)[C@@H](OC(C)=O)[C@@H]4OC(C)=O)c3O2)cc1. The Morgan fingerprint density at radius 2 is 0.983 bits per heavy atom. The van der Waals surface area contributed by atoms with Crippen LogP contribution in [0, 0.1) is 0 Å². The quantitative estimate of drug-likeness (QED) is 0.199. The number of ether oxygens (including phenoxy) is 10. The van der Waals surface area contributed by atoms with Gasteiger partial charge in [0.1, 0.15) is 41.3 Å². The number of fused-ring (bicyclic) bond motifs is 1. The molecule has 0 radical (unpaired) electrons. The van der Waals surface area contributed by atoms with Crippen LogP contribution in [0.3, 0.4) is 0 Å².